The van der Waals surface area contributed by atoms with Crippen LogP contribution in [0.25, 0.3) is 0 Å². The molecule has 452 valence electrons. The number of nitro benzene ring substituents is 1. The minimum absolute atomic E-state index is 0.152. The summed E-state index contributed by atoms with van der Waals surface area (Å²) in [7, 11) is -3.38. The second-order valence-electron chi connectivity index (χ2n) is 24.8. The van der Waals surface area contributed by atoms with Crippen LogP contribution >= 0.6 is 0 Å². The van der Waals surface area contributed by atoms with Gasteiger partial charge in [0.15, 0.2) is 11.2 Å². The third-order valence-electron chi connectivity index (χ3n) is 11.6. The Labute approximate surface area is 466 Å². The Kier molecular flexibility index (Phi) is 21.0. The summed E-state index contributed by atoms with van der Waals surface area (Å²) < 4.78 is 76.5. The molecule has 80 heavy (non-hydrogen) atoms. The molecule has 0 spiro atoms. The van der Waals surface area contributed by atoms with Gasteiger partial charge in [-0.25, -0.2) is 42.1 Å². The molecule has 1 unspecified atom stereocenters. The van der Waals surface area contributed by atoms with E-state index in [1.165, 1.54) is 32.2 Å². The summed E-state index contributed by atoms with van der Waals surface area (Å²) in [5, 5.41) is 58.9. The summed E-state index contributed by atoms with van der Waals surface area (Å²) in [5.74, 6) is -2.26. The molecule has 5 amide bonds. The molecule has 2 aliphatic heterocycles. The molecule has 1 saturated carbocycles. The Morgan fingerprint density at radius 2 is 1.26 bits per heavy atom. The summed E-state index contributed by atoms with van der Waals surface area (Å²) >= 11 is 0. The van der Waals surface area contributed by atoms with Gasteiger partial charge < -0.3 is 68.7 Å². The smallest absolute Gasteiger partial charge is 0.414 e. The number of carbonyl (C=O) groups excluding carboxylic acids is 5. The van der Waals surface area contributed by atoms with Crippen molar-refractivity contribution in [2.24, 2.45) is 10.9 Å². The van der Waals surface area contributed by atoms with Crippen LogP contribution in [-0.2, 0) is 47.9 Å². The normalized spacial score (nSPS) is 26.6. The van der Waals surface area contributed by atoms with Crippen molar-refractivity contribution in [3.8, 4) is 0 Å². The molecule has 3 aliphatic rings. The van der Waals surface area contributed by atoms with Gasteiger partial charge in [0, 0.05) is 25.1 Å². The van der Waals surface area contributed by atoms with E-state index < -0.39 is 170 Å². The first kappa shape index (κ1) is 66.4. The SMILES string of the molecule is CN(C(=O)OC(C)(C)C)[C@@H]1[C@@H](O)[C@@H](O[C@@H]2[C@@H](O)[C@H](C3OC(CNS(=O)(=O)c4ccccc4[N+](=O)[O-])=CC[C@H]3N=C(NC(=O)OC(C)(C)C)NC(=O)OC(C)(C)C)[C@@H](NC(=O)OC(C)(C)C)C[C@H]2NC(=O)OC(C)(C)C)OC[C@]1(C)O. The minimum Gasteiger partial charge on any atom is -0.491 e. The number of sulfonamides is 1. The lowest BCUT2D eigenvalue weighted by Gasteiger charge is -2.51. The highest BCUT2D eigenvalue weighted by Gasteiger charge is 2.57. The van der Waals surface area contributed by atoms with Gasteiger partial charge in [0.2, 0.25) is 16.0 Å². The molecule has 11 atom stereocenters. The Morgan fingerprint density at radius 1 is 0.775 bits per heavy atom. The van der Waals surface area contributed by atoms with E-state index in [1.807, 2.05) is 0 Å². The number of hydrogen-bond donors (Lipinski definition) is 8. The van der Waals surface area contributed by atoms with Crippen molar-refractivity contribution in [3.63, 3.8) is 0 Å². The highest BCUT2D eigenvalue weighted by atomic mass is 32.2. The lowest BCUT2D eigenvalue weighted by atomic mass is 9.72. The lowest BCUT2D eigenvalue weighted by molar-refractivity contribution is -0.387. The van der Waals surface area contributed by atoms with Crippen LogP contribution < -0.4 is 26.0 Å². The van der Waals surface area contributed by atoms with Crippen LogP contribution in [0.2, 0.25) is 0 Å². The van der Waals surface area contributed by atoms with Gasteiger partial charge >= 0.3 is 30.5 Å². The molecule has 0 radical (unpaired) electrons. The Bertz CT molecular complexity index is 2550. The number of guanidine groups is 1. The predicted molar refractivity (Wildman–Crippen MR) is 285 cm³/mol. The number of nitro groups is 1. The number of carbonyl (C=O) groups is 5. The number of nitrogens with one attached hydrogen (secondary N) is 5. The summed E-state index contributed by atoms with van der Waals surface area (Å²) in [6, 6.07) is -1.000. The lowest BCUT2D eigenvalue weighted by Crippen LogP contribution is -2.70. The van der Waals surface area contributed by atoms with Crippen LogP contribution in [0.3, 0.4) is 0 Å². The molecule has 1 aromatic rings. The van der Waals surface area contributed by atoms with Gasteiger partial charge in [-0.1, -0.05) is 12.1 Å². The largest absolute Gasteiger partial charge is 0.491 e. The standard InChI is InChI=1S/C51H82N8O20S/c1-46(2,3)75-41(62)54-29-24-30(55-42(63)76-47(4,5)6)37(74-39-35(61)38(51(16,67)26-72-39)58(17)45(66)79-50(13,14)15)34(60)33(29)36-28(53-40(56-43(64)77-48(7,8)9)57-44(65)78-49(10,11)12)23-22-27(73-36)25-52-80(70,71)32-21-19-18-20-31(32)59(68)69/h18-22,28-30,33-39,52,60-61,67H,23-26H2,1-17H3,(H,54,62)(H,55,63)(H2,53,56,57,64,65)/t28-,29+,30-,33-,34+,35-,36?,37+,38-,39-,51+/m1/s1. The van der Waals surface area contributed by atoms with Crippen molar-refractivity contribution in [1.82, 2.24) is 30.9 Å². The molecule has 1 saturated heterocycles. The fourth-order valence-corrected chi connectivity index (χ4v) is 9.96. The Balaban J connectivity index is 1.98. The van der Waals surface area contributed by atoms with Crippen LogP contribution in [0.5, 0.6) is 0 Å². The fraction of sp³-hybridized carbons (Fsp3) is 0.725. The molecular formula is C51H82N8O20S. The molecule has 8 N–H and O–H groups in total. The Morgan fingerprint density at radius 3 is 1.76 bits per heavy atom. The molecular weight excluding hydrogens is 1080 g/mol. The van der Waals surface area contributed by atoms with Gasteiger partial charge in [0.1, 0.15) is 57.7 Å². The Hall–Kier alpha value is -6.11. The number of rotatable bonds is 12. The maximum atomic E-state index is 13.9. The van der Waals surface area contributed by atoms with Gasteiger partial charge in [-0.05, 0) is 136 Å². The second-order valence-corrected chi connectivity index (χ2v) is 26.5. The first-order chi connectivity index (χ1) is 36.3. The third kappa shape index (κ3) is 19.9. The first-order valence-electron chi connectivity index (χ1n) is 25.8. The fourth-order valence-electron chi connectivity index (χ4n) is 8.80. The number of benzene rings is 1. The molecule has 1 aliphatic carbocycles. The van der Waals surface area contributed by atoms with Crippen LogP contribution in [0.15, 0.2) is 46.0 Å². The highest BCUT2D eigenvalue weighted by molar-refractivity contribution is 7.89. The number of amides is 5. The summed E-state index contributed by atoms with van der Waals surface area (Å²) in [5.41, 5.74) is -7.98. The molecule has 4 rings (SSSR count). The van der Waals surface area contributed by atoms with Crippen molar-refractivity contribution < 1.29 is 90.5 Å². The molecule has 28 nitrogen and oxygen atoms in total. The number of hydrogen-bond acceptors (Lipinski definition) is 21. The molecule has 2 heterocycles. The number of aliphatic hydroxyl groups excluding tert-OH is 2. The average molecular weight is 1160 g/mol. The van der Waals surface area contributed by atoms with Crippen LogP contribution in [-0.4, -0.2) is 179 Å². The molecule has 2 fully saturated rings. The predicted octanol–water partition coefficient (Wildman–Crippen LogP) is 4.58. The van der Waals surface area contributed by atoms with E-state index in [2.05, 4.69) is 26.0 Å². The van der Waals surface area contributed by atoms with Crippen molar-refractivity contribution in [2.45, 2.75) is 217 Å². The van der Waals surface area contributed by atoms with Gasteiger partial charge in [-0.2, -0.15) is 0 Å². The topological polar surface area (TPSA) is 373 Å². The molecule has 0 bridgehead atoms. The monoisotopic (exact) mass is 1160 g/mol. The van der Waals surface area contributed by atoms with Crippen LogP contribution in [0.1, 0.15) is 124 Å². The highest BCUT2D eigenvalue weighted by Crippen LogP contribution is 2.40. The van der Waals surface area contributed by atoms with Crippen molar-refractivity contribution in [2.75, 3.05) is 20.2 Å². The number of aliphatic imine (C=N–C) groups is 1. The van der Waals surface area contributed by atoms with Crippen molar-refractivity contribution in [3.05, 3.63) is 46.2 Å². The van der Waals surface area contributed by atoms with E-state index in [0.717, 1.165) is 17.0 Å². The maximum absolute atomic E-state index is 13.9. The number of para-hydroxylation sites is 1. The van der Waals surface area contributed by atoms with Gasteiger partial charge in [-0.3, -0.25) is 20.7 Å². The maximum Gasteiger partial charge on any atom is 0.414 e. The number of nitrogens with zero attached hydrogens (tertiary/aromatic N) is 3. The van der Waals surface area contributed by atoms with Gasteiger partial charge in [-0.15, -0.1) is 0 Å². The van der Waals surface area contributed by atoms with E-state index in [4.69, 9.17) is 42.9 Å². The number of alkyl carbamates (subject to hydrolysis) is 4. The quantitative estimate of drug-likeness (QED) is 0.0467. The van der Waals surface area contributed by atoms with E-state index in [-0.39, 0.29) is 18.6 Å². The zero-order valence-corrected chi connectivity index (χ0v) is 49.3. The van der Waals surface area contributed by atoms with E-state index >= 15 is 0 Å². The van der Waals surface area contributed by atoms with Crippen molar-refractivity contribution >= 4 is 52.1 Å². The summed E-state index contributed by atoms with van der Waals surface area (Å²) in [6.45, 7) is 23.9. The van der Waals surface area contributed by atoms with E-state index in [9.17, 15) is 57.8 Å². The van der Waals surface area contributed by atoms with Crippen LogP contribution in [0, 0.1) is 16.0 Å². The van der Waals surface area contributed by atoms with Crippen LogP contribution in [0.4, 0.5) is 29.7 Å². The van der Waals surface area contributed by atoms with E-state index in [1.54, 1.807) is 104 Å². The number of likely N-dealkylation sites (N-methyl/N-ethyl adjacent to an activating group) is 1. The summed E-state index contributed by atoms with van der Waals surface area (Å²) in [4.78, 5) is 83.9. The van der Waals surface area contributed by atoms with Gasteiger partial charge in [0.05, 0.1) is 42.3 Å². The number of aliphatic hydroxyl groups is 3. The van der Waals surface area contributed by atoms with Gasteiger partial charge in [0.25, 0.3) is 5.69 Å². The second kappa shape index (κ2) is 25.4. The zero-order valence-electron chi connectivity index (χ0n) is 48.5. The molecule has 0 aromatic heterocycles. The average Bonchev–Trinajstić information content (AvgIpc) is 3.24. The molecule has 1 aromatic carbocycles. The molecule has 29 heteroatoms. The zero-order chi connectivity index (χ0) is 60.9. The first-order valence-corrected chi connectivity index (χ1v) is 27.3. The van der Waals surface area contributed by atoms with E-state index in [0.29, 0.717) is 0 Å². The minimum atomic E-state index is -4.66. The van der Waals surface area contributed by atoms with Crippen molar-refractivity contribution in [1.29, 1.82) is 0 Å². The third-order valence-corrected chi connectivity index (χ3v) is 13.1. The number of ether oxygens (including phenoxy) is 8. The summed E-state index contributed by atoms with van der Waals surface area (Å²) in [6.07, 6.45) is -13.5.